The third kappa shape index (κ3) is 6.48. The Morgan fingerprint density at radius 3 is 2.41 bits per heavy atom. The summed E-state index contributed by atoms with van der Waals surface area (Å²) < 4.78 is 35.6. The van der Waals surface area contributed by atoms with Gasteiger partial charge in [0, 0.05) is 24.9 Å². The topological polar surface area (TPSA) is 128 Å². The highest BCUT2D eigenvalue weighted by atomic mass is 32.2. The molecule has 0 saturated heterocycles. The van der Waals surface area contributed by atoms with Gasteiger partial charge in [0.1, 0.15) is 6.10 Å². The predicted octanol–water partition coefficient (Wildman–Crippen LogP) is 5.02. The van der Waals surface area contributed by atoms with Crippen molar-refractivity contribution in [2.24, 2.45) is 5.92 Å². The Morgan fingerprint density at radius 2 is 1.66 bits per heavy atom. The molecule has 0 aromatic heterocycles. The van der Waals surface area contributed by atoms with Crippen molar-refractivity contribution in [3.63, 3.8) is 0 Å². The number of nitrogens with zero attached hydrogens (tertiary/aromatic N) is 2. The largest absolute Gasteiger partial charge is 0.485 e. The van der Waals surface area contributed by atoms with E-state index in [0.717, 1.165) is 10.8 Å². The highest BCUT2D eigenvalue weighted by Crippen LogP contribution is 2.36. The maximum absolute atomic E-state index is 13.8. The number of aliphatic hydroxyl groups excluding tert-OH is 1. The minimum Gasteiger partial charge on any atom is -0.485 e. The molecule has 0 fully saturated rings. The summed E-state index contributed by atoms with van der Waals surface area (Å²) >= 11 is 0. The summed E-state index contributed by atoms with van der Waals surface area (Å²) in [5.74, 6) is -0.631. The summed E-state index contributed by atoms with van der Waals surface area (Å²) in [4.78, 5) is 30.3. The number of rotatable bonds is 8. The second-order valence-corrected chi connectivity index (χ2v) is 12.7. The van der Waals surface area contributed by atoms with Crippen LogP contribution in [0.25, 0.3) is 10.8 Å². The van der Waals surface area contributed by atoms with Gasteiger partial charge < -0.3 is 25.0 Å². The number of para-hydroxylation sites is 1. The van der Waals surface area contributed by atoms with E-state index in [2.05, 4.69) is 10.0 Å². The van der Waals surface area contributed by atoms with Gasteiger partial charge in [0.05, 0.1) is 41.0 Å². The number of likely N-dealkylation sites (N-methyl/N-ethyl adjacent to an activating group) is 1. The van der Waals surface area contributed by atoms with Crippen LogP contribution in [0.1, 0.15) is 24.2 Å². The molecule has 1 aliphatic heterocycles. The average Bonchev–Trinajstić information content (AvgIpc) is 3.03. The number of ether oxygens (including phenoxy) is 1. The minimum absolute atomic E-state index is 0.0556. The summed E-state index contributed by atoms with van der Waals surface area (Å²) in [7, 11) is -2.36. The Morgan fingerprint density at radius 1 is 1.00 bits per heavy atom. The van der Waals surface area contributed by atoms with Crippen LogP contribution in [0.15, 0.2) is 95.9 Å². The minimum atomic E-state index is -4.01. The van der Waals surface area contributed by atoms with Crippen LogP contribution in [0.4, 0.5) is 16.2 Å². The fourth-order valence-corrected chi connectivity index (χ4v) is 6.33. The Kier molecular flexibility index (Phi) is 9.07. The van der Waals surface area contributed by atoms with Gasteiger partial charge in [-0.25, -0.2) is 13.2 Å². The Bertz CT molecular complexity index is 1760. The average molecular weight is 617 g/mol. The van der Waals surface area contributed by atoms with E-state index in [1.165, 1.54) is 23.1 Å². The zero-order chi connectivity index (χ0) is 31.4. The second-order valence-electron chi connectivity index (χ2n) is 11.1. The summed E-state index contributed by atoms with van der Waals surface area (Å²) in [6.45, 7) is 3.77. The van der Waals surface area contributed by atoms with E-state index in [4.69, 9.17) is 4.74 Å². The van der Waals surface area contributed by atoms with Crippen molar-refractivity contribution in [1.29, 1.82) is 0 Å². The number of benzene rings is 4. The number of nitrogens with one attached hydrogen (secondary N) is 2. The lowest BCUT2D eigenvalue weighted by Crippen LogP contribution is -2.50. The number of hydrogen-bond donors (Lipinski definition) is 3. The Balaban J connectivity index is 1.47. The first-order valence-electron chi connectivity index (χ1n) is 14.4. The quantitative estimate of drug-likeness (QED) is 0.255. The molecular weight excluding hydrogens is 580 g/mol. The van der Waals surface area contributed by atoms with Crippen molar-refractivity contribution < 1.29 is 27.9 Å². The molecule has 3 amide bonds. The maximum atomic E-state index is 13.8. The molecular formula is C33H36N4O6S. The van der Waals surface area contributed by atoms with E-state index in [-0.39, 0.29) is 53.5 Å². The molecule has 44 heavy (non-hydrogen) atoms. The summed E-state index contributed by atoms with van der Waals surface area (Å²) in [5, 5.41) is 14.8. The Hall–Kier alpha value is -4.61. The zero-order valence-electron chi connectivity index (χ0n) is 24.8. The van der Waals surface area contributed by atoms with E-state index in [1.807, 2.05) is 49.4 Å². The Labute approximate surface area is 257 Å². The standard InChI is InChI=1S/C33H36N4O6S/c1-22-19-37(23(2)21-38)32(39)27-16-10-18-29(35-44(41,42)25-13-5-4-6-14-25)31(27)43-30(22)20-36(3)33(40)34-28-17-9-12-24-11-7-8-15-26(24)28/h4-18,22-23,30,35,38H,19-21H2,1-3H3,(H,34,40)/t22-,23-,30-/m1/s1. The second kappa shape index (κ2) is 12.9. The molecule has 5 rings (SSSR count). The third-order valence-corrected chi connectivity index (χ3v) is 9.20. The lowest BCUT2D eigenvalue weighted by molar-refractivity contribution is 0.0373. The molecule has 0 spiro atoms. The van der Waals surface area contributed by atoms with Gasteiger partial charge in [-0.2, -0.15) is 0 Å². The third-order valence-electron chi connectivity index (χ3n) is 7.82. The number of urea groups is 1. The van der Waals surface area contributed by atoms with Gasteiger partial charge in [-0.1, -0.05) is 67.6 Å². The van der Waals surface area contributed by atoms with Gasteiger partial charge in [-0.3, -0.25) is 9.52 Å². The van der Waals surface area contributed by atoms with Crippen LogP contribution in [0.3, 0.4) is 0 Å². The molecule has 230 valence electrons. The first-order chi connectivity index (χ1) is 21.1. The van der Waals surface area contributed by atoms with Gasteiger partial charge in [0.2, 0.25) is 0 Å². The van der Waals surface area contributed by atoms with E-state index in [9.17, 15) is 23.1 Å². The van der Waals surface area contributed by atoms with Gasteiger partial charge >= 0.3 is 6.03 Å². The monoisotopic (exact) mass is 616 g/mol. The predicted molar refractivity (Wildman–Crippen MR) is 170 cm³/mol. The number of hydrogen-bond acceptors (Lipinski definition) is 6. The molecule has 4 aromatic carbocycles. The van der Waals surface area contributed by atoms with E-state index < -0.39 is 28.1 Å². The van der Waals surface area contributed by atoms with Gasteiger partial charge in [0.25, 0.3) is 15.9 Å². The van der Waals surface area contributed by atoms with Crippen molar-refractivity contribution in [2.45, 2.75) is 30.9 Å². The fourth-order valence-electron chi connectivity index (χ4n) is 5.24. The first kappa shape index (κ1) is 30.8. The van der Waals surface area contributed by atoms with Crippen LogP contribution in [0.2, 0.25) is 0 Å². The van der Waals surface area contributed by atoms with E-state index >= 15 is 0 Å². The molecule has 3 N–H and O–H groups in total. The number of carbonyl (C=O) groups is 2. The maximum Gasteiger partial charge on any atom is 0.321 e. The van der Waals surface area contributed by atoms with Crippen molar-refractivity contribution >= 4 is 44.1 Å². The molecule has 1 aliphatic rings. The molecule has 0 saturated carbocycles. The van der Waals surface area contributed by atoms with Crippen molar-refractivity contribution in [3.05, 3.63) is 96.6 Å². The highest BCUT2D eigenvalue weighted by Gasteiger charge is 2.35. The van der Waals surface area contributed by atoms with Gasteiger partial charge in [0.15, 0.2) is 5.75 Å². The lowest BCUT2D eigenvalue weighted by Gasteiger charge is -2.38. The molecule has 10 nitrogen and oxygen atoms in total. The van der Waals surface area contributed by atoms with Crippen LogP contribution >= 0.6 is 0 Å². The summed E-state index contributed by atoms with van der Waals surface area (Å²) in [6, 6.07) is 25.2. The SMILES string of the molecule is C[C@@H]1CN([C@H](C)CO)C(=O)c2cccc(NS(=O)(=O)c3ccccc3)c2O[C@@H]1CN(C)C(=O)Nc1cccc2ccccc12. The molecule has 4 aromatic rings. The first-order valence-corrected chi connectivity index (χ1v) is 15.9. The highest BCUT2D eigenvalue weighted by molar-refractivity contribution is 7.92. The van der Waals surface area contributed by atoms with E-state index in [0.29, 0.717) is 5.69 Å². The van der Waals surface area contributed by atoms with Crippen molar-refractivity contribution in [1.82, 2.24) is 9.80 Å². The van der Waals surface area contributed by atoms with Crippen LogP contribution in [0.5, 0.6) is 5.75 Å². The number of fused-ring (bicyclic) bond motifs is 2. The molecule has 0 aliphatic carbocycles. The van der Waals surface area contributed by atoms with Crippen LogP contribution < -0.4 is 14.8 Å². The summed E-state index contributed by atoms with van der Waals surface area (Å²) in [6.07, 6.45) is -0.638. The molecule has 3 atom stereocenters. The van der Waals surface area contributed by atoms with Crippen molar-refractivity contribution in [2.75, 3.05) is 36.8 Å². The molecule has 0 unspecified atom stereocenters. The summed E-state index contributed by atoms with van der Waals surface area (Å²) in [5.41, 5.74) is 0.916. The van der Waals surface area contributed by atoms with Crippen LogP contribution in [0, 0.1) is 5.92 Å². The number of carbonyl (C=O) groups excluding carboxylic acids is 2. The fraction of sp³-hybridized carbons (Fsp3) is 0.273. The normalized spacial score (nSPS) is 17.5. The molecule has 0 bridgehead atoms. The van der Waals surface area contributed by atoms with Crippen LogP contribution in [-0.4, -0.2) is 74.2 Å². The smallest absolute Gasteiger partial charge is 0.321 e. The number of anilines is 2. The van der Waals surface area contributed by atoms with Crippen molar-refractivity contribution in [3.8, 4) is 5.75 Å². The van der Waals surface area contributed by atoms with Gasteiger partial charge in [-0.15, -0.1) is 0 Å². The number of sulfonamides is 1. The van der Waals surface area contributed by atoms with Gasteiger partial charge in [-0.05, 0) is 42.6 Å². The van der Waals surface area contributed by atoms with E-state index in [1.54, 1.807) is 49.2 Å². The number of amides is 3. The molecule has 1 heterocycles. The molecule has 0 radical (unpaired) electrons. The van der Waals surface area contributed by atoms with Crippen LogP contribution in [-0.2, 0) is 10.0 Å². The lowest BCUT2D eigenvalue weighted by atomic mass is 9.99. The number of aliphatic hydroxyl groups is 1. The molecule has 11 heteroatoms. The zero-order valence-corrected chi connectivity index (χ0v) is 25.6.